The highest BCUT2D eigenvalue weighted by Gasteiger charge is 2.20. The molecule has 0 radical (unpaired) electrons. The normalized spacial score (nSPS) is 14.7. The zero-order valence-electron chi connectivity index (χ0n) is 16.8. The number of fused-ring (bicyclic) bond motifs is 1. The molecule has 0 bridgehead atoms. The van der Waals surface area contributed by atoms with Crippen molar-refractivity contribution in [2.45, 2.75) is 26.0 Å². The molecule has 29 heavy (non-hydrogen) atoms. The minimum Gasteiger partial charge on any atom is -0.489 e. The summed E-state index contributed by atoms with van der Waals surface area (Å²) in [4.78, 5) is 18.6. The van der Waals surface area contributed by atoms with E-state index in [0.717, 1.165) is 13.0 Å². The van der Waals surface area contributed by atoms with Gasteiger partial charge in [-0.2, -0.15) is 0 Å². The van der Waals surface area contributed by atoms with Crippen molar-refractivity contribution < 1.29 is 13.9 Å². The summed E-state index contributed by atoms with van der Waals surface area (Å²) < 4.78 is 18.7. The Labute approximate surface area is 170 Å². The average Bonchev–Trinajstić information content (AvgIpc) is 2.75. The van der Waals surface area contributed by atoms with E-state index in [1.807, 2.05) is 24.0 Å². The molecule has 3 rings (SSSR count). The number of benzene rings is 2. The Morgan fingerprint density at radius 2 is 1.90 bits per heavy atom. The number of hydrogen-bond acceptors (Lipinski definition) is 3. The van der Waals surface area contributed by atoms with Crippen LogP contribution in [0.5, 0.6) is 5.75 Å². The lowest BCUT2D eigenvalue weighted by Crippen LogP contribution is -2.47. The first-order chi connectivity index (χ1) is 14.0. The molecule has 1 unspecified atom stereocenters. The van der Waals surface area contributed by atoms with E-state index >= 15 is 0 Å². The smallest absolute Gasteiger partial charge is 0.242 e. The van der Waals surface area contributed by atoms with Gasteiger partial charge >= 0.3 is 0 Å². The summed E-state index contributed by atoms with van der Waals surface area (Å²) in [7, 11) is 1.66. The van der Waals surface area contributed by atoms with E-state index in [4.69, 9.17) is 4.74 Å². The Hall–Kier alpha value is -3.09. The predicted molar refractivity (Wildman–Crippen MR) is 111 cm³/mol. The van der Waals surface area contributed by atoms with Gasteiger partial charge in [-0.05, 0) is 48.7 Å². The maximum atomic E-state index is 13.0. The second-order valence-corrected chi connectivity index (χ2v) is 7.02. The molecule has 0 aromatic heterocycles. The molecule has 7 heteroatoms. The van der Waals surface area contributed by atoms with E-state index in [1.165, 1.54) is 23.3 Å². The lowest BCUT2D eigenvalue weighted by Gasteiger charge is -2.29. The number of carbonyl (C=O) groups excluding carboxylic acids is 1. The monoisotopic (exact) mass is 398 g/mol. The molecular formula is C22H27FN4O2. The van der Waals surface area contributed by atoms with Gasteiger partial charge in [-0.15, -0.1) is 0 Å². The van der Waals surface area contributed by atoms with Crippen molar-refractivity contribution in [3.63, 3.8) is 0 Å². The minimum absolute atomic E-state index is 0.0399. The number of amides is 1. The summed E-state index contributed by atoms with van der Waals surface area (Å²) in [6.45, 7) is 3.94. The number of rotatable bonds is 6. The van der Waals surface area contributed by atoms with Crippen LogP contribution in [0.2, 0.25) is 0 Å². The van der Waals surface area contributed by atoms with E-state index in [1.54, 1.807) is 19.2 Å². The zero-order chi connectivity index (χ0) is 20.6. The lowest BCUT2D eigenvalue weighted by atomic mass is 10.00. The summed E-state index contributed by atoms with van der Waals surface area (Å²) in [5.74, 6) is 0.877. The van der Waals surface area contributed by atoms with Crippen molar-refractivity contribution in [2.75, 3.05) is 26.7 Å². The summed E-state index contributed by atoms with van der Waals surface area (Å²) >= 11 is 0. The highest BCUT2D eigenvalue weighted by atomic mass is 19.1. The molecule has 2 N–H and O–H groups in total. The van der Waals surface area contributed by atoms with Gasteiger partial charge in [-0.25, -0.2) is 4.39 Å². The number of halogens is 1. The van der Waals surface area contributed by atoms with Crippen molar-refractivity contribution in [1.29, 1.82) is 0 Å². The topological polar surface area (TPSA) is 66.0 Å². The summed E-state index contributed by atoms with van der Waals surface area (Å²) in [5, 5.41) is 6.20. The third kappa shape index (κ3) is 5.94. The van der Waals surface area contributed by atoms with Crippen LogP contribution in [0.4, 0.5) is 4.39 Å². The van der Waals surface area contributed by atoms with Crippen LogP contribution in [0, 0.1) is 5.82 Å². The molecule has 1 amide bonds. The van der Waals surface area contributed by atoms with E-state index in [9.17, 15) is 9.18 Å². The van der Waals surface area contributed by atoms with Crippen molar-refractivity contribution in [3.8, 4) is 5.75 Å². The predicted octanol–water partition coefficient (Wildman–Crippen LogP) is 2.34. The van der Waals surface area contributed by atoms with Crippen LogP contribution in [0.15, 0.2) is 53.5 Å². The Morgan fingerprint density at radius 1 is 1.17 bits per heavy atom. The number of aliphatic imine (C=N–C) groups is 1. The van der Waals surface area contributed by atoms with Crippen LogP contribution in [-0.2, 0) is 17.8 Å². The first-order valence-electron chi connectivity index (χ1n) is 9.76. The SMILES string of the molecule is CN=C(NCC(=O)N1CCc2ccccc2C1)NCC(C)Oc1ccc(F)cc1. The zero-order valence-corrected chi connectivity index (χ0v) is 16.8. The fraction of sp³-hybridized carbons (Fsp3) is 0.364. The first-order valence-corrected chi connectivity index (χ1v) is 9.76. The largest absolute Gasteiger partial charge is 0.489 e. The highest BCUT2D eigenvalue weighted by Crippen LogP contribution is 2.18. The van der Waals surface area contributed by atoms with Crippen LogP contribution in [0.25, 0.3) is 0 Å². The summed E-state index contributed by atoms with van der Waals surface area (Å²) in [5.41, 5.74) is 2.53. The van der Waals surface area contributed by atoms with Crippen LogP contribution < -0.4 is 15.4 Å². The van der Waals surface area contributed by atoms with Crippen LogP contribution in [0.1, 0.15) is 18.1 Å². The molecule has 2 aromatic rings. The van der Waals surface area contributed by atoms with Gasteiger partial charge in [0.2, 0.25) is 5.91 Å². The molecule has 1 heterocycles. The molecule has 1 aliphatic heterocycles. The van der Waals surface area contributed by atoms with Crippen molar-refractivity contribution in [3.05, 3.63) is 65.5 Å². The molecule has 0 aliphatic carbocycles. The minimum atomic E-state index is -0.297. The first kappa shape index (κ1) is 20.6. The molecule has 1 atom stereocenters. The van der Waals surface area contributed by atoms with E-state index in [0.29, 0.717) is 24.8 Å². The third-order valence-corrected chi connectivity index (χ3v) is 4.82. The molecule has 0 saturated carbocycles. The van der Waals surface area contributed by atoms with Gasteiger partial charge < -0.3 is 20.3 Å². The van der Waals surface area contributed by atoms with E-state index < -0.39 is 0 Å². The molecule has 2 aromatic carbocycles. The fourth-order valence-corrected chi connectivity index (χ4v) is 3.23. The number of nitrogens with one attached hydrogen (secondary N) is 2. The second kappa shape index (κ2) is 9.91. The molecule has 6 nitrogen and oxygen atoms in total. The molecule has 1 aliphatic rings. The Morgan fingerprint density at radius 3 is 2.62 bits per heavy atom. The average molecular weight is 398 g/mol. The molecule has 0 fully saturated rings. The van der Waals surface area contributed by atoms with E-state index in [-0.39, 0.29) is 24.4 Å². The maximum Gasteiger partial charge on any atom is 0.242 e. The van der Waals surface area contributed by atoms with Crippen LogP contribution in [0.3, 0.4) is 0 Å². The number of ether oxygens (including phenoxy) is 1. The van der Waals surface area contributed by atoms with Gasteiger partial charge in [0.05, 0.1) is 13.1 Å². The third-order valence-electron chi connectivity index (χ3n) is 4.82. The van der Waals surface area contributed by atoms with Gasteiger partial charge in [0, 0.05) is 20.1 Å². The number of carbonyl (C=O) groups is 1. The molecule has 0 spiro atoms. The Balaban J connectivity index is 1.42. The van der Waals surface area contributed by atoms with Gasteiger partial charge in [-0.1, -0.05) is 24.3 Å². The van der Waals surface area contributed by atoms with Crippen LogP contribution >= 0.6 is 0 Å². The van der Waals surface area contributed by atoms with Crippen molar-refractivity contribution >= 4 is 11.9 Å². The van der Waals surface area contributed by atoms with Crippen molar-refractivity contribution in [2.24, 2.45) is 4.99 Å². The fourth-order valence-electron chi connectivity index (χ4n) is 3.23. The lowest BCUT2D eigenvalue weighted by molar-refractivity contribution is -0.130. The second-order valence-electron chi connectivity index (χ2n) is 7.02. The maximum absolute atomic E-state index is 13.0. The van der Waals surface area contributed by atoms with Gasteiger partial charge in [0.25, 0.3) is 0 Å². The Bertz CT molecular complexity index is 854. The number of nitrogens with zero attached hydrogens (tertiary/aromatic N) is 2. The van der Waals surface area contributed by atoms with Crippen molar-refractivity contribution in [1.82, 2.24) is 15.5 Å². The molecule has 154 valence electrons. The summed E-state index contributed by atoms with van der Waals surface area (Å²) in [6.07, 6.45) is 0.723. The van der Waals surface area contributed by atoms with Gasteiger partial charge in [-0.3, -0.25) is 9.79 Å². The quantitative estimate of drug-likeness (QED) is 0.579. The number of guanidine groups is 1. The summed E-state index contributed by atoms with van der Waals surface area (Å²) in [6, 6.07) is 14.1. The molecular weight excluding hydrogens is 371 g/mol. The van der Waals surface area contributed by atoms with Crippen LogP contribution in [-0.4, -0.2) is 49.6 Å². The highest BCUT2D eigenvalue weighted by molar-refractivity contribution is 5.86. The number of hydrogen-bond donors (Lipinski definition) is 2. The van der Waals surface area contributed by atoms with E-state index in [2.05, 4.69) is 27.8 Å². The Kier molecular flexibility index (Phi) is 7.05. The standard InChI is InChI=1S/C22H27FN4O2/c1-16(29-20-9-7-19(23)8-10-20)13-25-22(24-2)26-14-21(28)27-12-11-17-5-3-4-6-18(17)15-27/h3-10,16H,11-15H2,1-2H3,(H2,24,25,26). The van der Waals surface area contributed by atoms with Gasteiger partial charge in [0.1, 0.15) is 17.7 Å². The molecule has 0 saturated heterocycles. The van der Waals surface area contributed by atoms with Gasteiger partial charge in [0.15, 0.2) is 5.96 Å².